The lowest BCUT2D eigenvalue weighted by Crippen LogP contribution is -2.18. The van der Waals surface area contributed by atoms with Gasteiger partial charge >= 0.3 is 0 Å². The van der Waals surface area contributed by atoms with Gasteiger partial charge in [0.1, 0.15) is 5.82 Å². The largest absolute Gasteiger partial charge is 0.385 e. The number of nitrogens with zero attached hydrogens (tertiary/aromatic N) is 1. The first-order valence-corrected chi connectivity index (χ1v) is 5.59. The average Bonchev–Trinajstić information content (AvgIpc) is 2.71. The second-order valence-corrected chi connectivity index (χ2v) is 3.89. The second kappa shape index (κ2) is 4.51. The van der Waals surface area contributed by atoms with Crippen molar-refractivity contribution < 1.29 is 4.39 Å². The fourth-order valence-corrected chi connectivity index (χ4v) is 2.04. The first-order chi connectivity index (χ1) is 7.31. The molecule has 0 amide bonds. The SMILES string of the molecule is CCNc1ccc(N2CCCC2)c(F)c1. The lowest BCUT2D eigenvalue weighted by Gasteiger charge is -2.18. The van der Waals surface area contributed by atoms with Gasteiger partial charge in [-0.25, -0.2) is 4.39 Å². The maximum atomic E-state index is 13.7. The number of anilines is 2. The molecule has 15 heavy (non-hydrogen) atoms. The van der Waals surface area contributed by atoms with Crippen LogP contribution >= 0.6 is 0 Å². The minimum absolute atomic E-state index is 0.115. The fraction of sp³-hybridized carbons (Fsp3) is 0.500. The molecule has 3 heteroatoms. The van der Waals surface area contributed by atoms with Gasteiger partial charge in [0.15, 0.2) is 0 Å². The van der Waals surface area contributed by atoms with Gasteiger partial charge < -0.3 is 10.2 Å². The summed E-state index contributed by atoms with van der Waals surface area (Å²) in [6.07, 6.45) is 2.35. The van der Waals surface area contributed by atoms with Gasteiger partial charge in [0.05, 0.1) is 5.69 Å². The molecule has 0 aromatic heterocycles. The van der Waals surface area contributed by atoms with E-state index in [-0.39, 0.29) is 5.82 Å². The summed E-state index contributed by atoms with van der Waals surface area (Å²) in [7, 11) is 0. The van der Waals surface area contributed by atoms with E-state index in [1.807, 2.05) is 19.1 Å². The Morgan fingerprint density at radius 1 is 1.33 bits per heavy atom. The van der Waals surface area contributed by atoms with Crippen molar-refractivity contribution in [2.24, 2.45) is 0 Å². The molecule has 1 aromatic carbocycles. The Morgan fingerprint density at radius 2 is 2.07 bits per heavy atom. The van der Waals surface area contributed by atoms with E-state index in [1.54, 1.807) is 6.07 Å². The topological polar surface area (TPSA) is 15.3 Å². The highest BCUT2D eigenvalue weighted by molar-refractivity contribution is 5.56. The number of benzene rings is 1. The molecule has 82 valence electrons. The summed E-state index contributed by atoms with van der Waals surface area (Å²) in [5, 5.41) is 3.11. The monoisotopic (exact) mass is 208 g/mol. The van der Waals surface area contributed by atoms with E-state index in [0.717, 1.165) is 31.0 Å². The summed E-state index contributed by atoms with van der Waals surface area (Å²) in [6.45, 7) is 4.80. The summed E-state index contributed by atoms with van der Waals surface area (Å²) in [4.78, 5) is 2.12. The number of hydrogen-bond donors (Lipinski definition) is 1. The molecule has 2 nitrogen and oxygen atoms in total. The molecule has 1 N–H and O–H groups in total. The molecule has 0 aliphatic carbocycles. The Balaban J connectivity index is 2.18. The zero-order valence-electron chi connectivity index (χ0n) is 9.09. The van der Waals surface area contributed by atoms with Gasteiger partial charge in [-0.3, -0.25) is 0 Å². The van der Waals surface area contributed by atoms with Crippen molar-refractivity contribution in [3.05, 3.63) is 24.0 Å². The van der Waals surface area contributed by atoms with E-state index in [4.69, 9.17) is 0 Å². The smallest absolute Gasteiger partial charge is 0.148 e. The first-order valence-electron chi connectivity index (χ1n) is 5.59. The lowest BCUT2D eigenvalue weighted by atomic mass is 10.2. The molecule has 0 bridgehead atoms. The zero-order valence-corrected chi connectivity index (χ0v) is 9.09. The minimum atomic E-state index is -0.115. The molecule has 0 atom stereocenters. The van der Waals surface area contributed by atoms with Crippen molar-refractivity contribution in [1.82, 2.24) is 0 Å². The Kier molecular flexibility index (Phi) is 3.09. The van der Waals surface area contributed by atoms with E-state index in [0.29, 0.717) is 0 Å². The molecule has 1 aromatic rings. The normalized spacial score (nSPS) is 15.7. The van der Waals surface area contributed by atoms with E-state index < -0.39 is 0 Å². The summed E-state index contributed by atoms with van der Waals surface area (Å²) < 4.78 is 13.7. The maximum Gasteiger partial charge on any atom is 0.148 e. The molecule has 0 unspecified atom stereocenters. The molecular weight excluding hydrogens is 191 g/mol. The van der Waals surface area contributed by atoms with Gasteiger partial charge in [-0.2, -0.15) is 0 Å². The summed E-state index contributed by atoms with van der Waals surface area (Å²) in [5.74, 6) is -0.115. The third-order valence-electron chi connectivity index (χ3n) is 2.78. The minimum Gasteiger partial charge on any atom is -0.385 e. The van der Waals surface area contributed by atoms with E-state index >= 15 is 0 Å². The molecule has 2 rings (SSSR count). The van der Waals surface area contributed by atoms with E-state index in [9.17, 15) is 4.39 Å². The van der Waals surface area contributed by atoms with Gasteiger partial charge in [0.25, 0.3) is 0 Å². The van der Waals surface area contributed by atoms with Crippen molar-refractivity contribution >= 4 is 11.4 Å². The van der Waals surface area contributed by atoms with Crippen molar-refractivity contribution in [1.29, 1.82) is 0 Å². The van der Waals surface area contributed by atoms with Crippen LogP contribution in [0.25, 0.3) is 0 Å². The molecule has 1 heterocycles. The van der Waals surface area contributed by atoms with Crippen molar-refractivity contribution in [3.63, 3.8) is 0 Å². The van der Waals surface area contributed by atoms with Crippen LogP contribution in [-0.4, -0.2) is 19.6 Å². The third kappa shape index (κ3) is 2.22. The van der Waals surface area contributed by atoms with E-state index in [1.165, 1.54) is 12.8 Å². The standard InChI is InChI=1S/C12H17FN2/c1-2-14-10-5-6-12(11(13)9-10)15-7-3-4-8-15/h5-6,9,14H,2-4,7-8H2,1H3. The fourth-order valence-electron chi connectivity index (χ4n) is 2.04. The Morgan fingerprint density at radius 3 is 2.67 bits per heavy atom. The second-order valence-electron chi connectivity index (χ2n) is 3.89. The van der Waals surface area contributed by atoms with Crippen LogP contribution < -0.4 is 10.2 Å². The van der Waals surface area contributed by atoms with Crippen molar-refractivity contribution in [2.45, 2.75) is 19.8 Å². The molecule has 0 spiro atoms. The maximum absolute atomic E-state index is 13.7. The highest BCUT2D eigenvalue weighted by Crippen LogP contribution is 2.25. The Hall–Kier alpha value is -1.25. The highest BCUT2D eigenvalue weighted by atomic mass is 19.1. The van der Waals surface area contributed by atoms with Crippen LogP contribution in [0, 0.1) is 5.82 Å². The van der Waals surface area contributed by atoms with Crippen LogP contribution in [0.15, 0.2) is 18.2 Å². The molecule has 1 saturated heterocycles. The van der Waals surface area contributed by atoms with Gasteiger partial charge in [-0.1, -0.05) is 0 Å². The van der Waals surface area contributed by atoms with Gasteiger partial charge in [-0.15, -0.1) is 0 Å². The van der Waals surface area contributed by atoms with E-state index in [2.05, 4.69) is 10.2 Å². The van der Waals surface area contributed by atoms with Gasteiger partial charge in [0, 0.05) is 25.3 Å². The summed E-state index contributed by atoms with van der Waals surface area (Å²) >= 11 is 0. The molecule has 1 aliphatic heterocycles. The number of rotatable bonds is 3. The van der Waals surface area contributed by atoms with Crippen LogP contribution in [-0.2, 0) is 0 Å². The molecule has 1 aliphatic rings. The number of halogens is 1. The quantitative estimate of drug-likeness (QED) is 0.821. The predicted octanol–water partition coefficient (Wildman–Crippen LogP) is 2.86. The predicted molar refractivity (Wildman–Crippen MR) is 62.0 cm³/mol. The number of hydrogen-bond acceptors (Lipinski definition) is 2. The average molecular weight is 208 g/mol. The van der Waals surface area contributed by atoms with Crippen molar-refractivity contribution in [3.8, 4) is 0 Å². The molecule has 1 fully saturated rings. The summed E-state index contributed by atoms with van der Waals surface area (Å²) in [6, 6.07) is 5.40. The van der Waals surface area contributed by atoms with Crippen molar-refractivity contribution in [2.75, 3.05) is 29.9 Å². The number of nitrogens with one attached hydrogen (secondary N) is 1. The molecule has 0 saturated carbocycles. The summed E-state index contributed by atoms with van der Waals surface area (Å²) in [5.41, 5.74) is 1.60. The first kappa shape index (κ1) is 10.3. The van der Waals surface area contributed by atoms with Gasteiger partial charge in [0.2, 0.25) is 0 Å². The lowest BCUT2D eigenvalue weighted by molar-refractivity contribution is 0.623. The molecule has 0 radical (unpaired) electrons. The van der Waals surface area contributed by atoms with Crippen LogP contribution in [0.2, 0.25) is 0 Å². The van der Waals surface area contributed by atoms with Crippen LogP contribution in [0.4, 0.5) is 15.8 Å². The third-order valence-corrected chi connectivity index (χ3v) is 2.78. The highest BCUT2D eigenvalue weighted by Gasteiger charge is 2.15. The molecular formula is C12H17FN2. The van der Waals surface area contributed by atoms with Crippen LogP contribution in [0.3, 0.4) is 0 Å². The van der Waals surface area contributed by atoms with Crippen LogP contribution in [0.5, 0.6) is 0 Å². The van der Waals surface area contributed by atoms with Crippen LogP contribution in [0.1, 0.15) is 19.8 Å². The van der Waals surface area contributed by atoms with Gasteiger partial charge in [-0.05, 0) is 38.0 Å². The zero-order chi connectivity index (χ0) is 10.7. The Bertz CT molecular complexity index is 332. The Labute approximate surface area is 90.1 Å².